The summed E-state index contributed by atoms with van der Waals surface area (Å²) in [6.45, 7) is 11.0. The van der Waals surface area contributed by atoms with Gasteiger partial charge in [0.05, 0.1) is 0 Å². The molecule has 1 heteroatoms. The Hall–Kier alpha value is -0.720. The third-order valence-corrected chi connectivity index (χ3v) is 2.19. The van der Waals surface area contributed by atoms with Gasteiger partial charge in [0.2, 0.25) is 0 Å². The van der Waals surface area contributed by atoms with Crippen LogP contribution in [-0.2, 0) is 0 Å². The molecule has 0 aliphatic heterocycles. The van der Waals surface area contributed by atoms with Gasteiger partial charge >= 0.3 is 0 Å². The van der Waals surface area contributed by atoms with Gasteiger partial charge in [0.1, 0.15) is 0 Å². The second-order valence-electron chi connectivity index (χ2n) is 3.94. The molecule has 0 atom stereocenters. The Morgan fingerprint density at radius 1 is 1.00 bits per heavy atom. The van der Waals surface area contributed by atoms with E-state index in [1.807, 2.05) is 7.05 Å². The first-order valence-electron chi connectivity index (χ1n) is 5.08. The minimum Gasteiger partial charge on any atom is -0.394 e. The molecule has 76 valence electrons. The third-order valence-electron chi connectivity index (χ3n) is 2.19. The molecule has 0 radical (unpaired) electrons. The molecule has 0 saturated carbocycles. The maximum atomic E-state index is 3.12. The van der Waals surface area contributed by atoms with Gasteiger partial charge in [0.15, 0.2) is 0 Å². The Bertz CT molecular complexity index is 197. The van der Waals surface area contributed by atoms with Crippen LogP contribution < -0.4 is 5.32 Å². The monoisotopic (exact) mass is 181 g/mol. The minimum atomic E-state index is 0.584. The summed E-state index contributed by atoms with van der Waals surface area (Å²) in [5, 5.41) is 3.12. The van der Waals surface area contributed by atoms with Crippen LogP contribution in [0.2, 0.25) is 0 Å². The van der Waals surface area contributed by atoms with Crippen molar-refractivity contribution in [3.63, 3.8) is 0 Å². The molecule has 1 N–H and O–H groups in total. The molecule has 0 aliphatic carbocycles. The average Bonchev–Trinajstić information content (AvgIpc) is 2.03. The van der Waals surface area contributed by atoms with E-state index >= 15 is 0 Å². The largest absolute Gasteiger partial charge is 0.394 e. The van der Waals surface area contributed by atoms with Crippen molar-refractivity contribution in [3.05, 3.63) is 23.4 Å². The maximum Gasteiger partial charge on any atom is 0.00278 e. The van der Waals surface area contributed by atoms with Crippen LogP contribution in [0.25, 0.3) is 0 Å². The lowest BCUT2D eigenvalue weighted by Gasteiger charge is -2.18. The summed E-state index contributed by atoms with van der Waals surface area (Å²) < 4.78 is 0. The Morgan fingerprint density at radius 2 is 1.46 bits per heavy atom. The van der Waals surface area contributed by atoms with Gasteiger partial charge in [-0.15, -0.1) is 0 Å². The van der Waals surface area contributed by atoms with Crippen LogP contribution in [-0.4, -0.2) is 7.05 Å². The second-order valence-corrected chi connectivity index (χ2v) is 3.94. The summed E-state index contributed by atoms with van der Waals surface area (Å²) in [6.07, 6.45) is 4.33. The Balaban J connectivity index is 4.83. The molecule has 0 unspecified atom stereocenters. The molecule has 0 aliphatic rings. The Kier molecular flexibility index (Phi) is 5.52. The van der Waals surface area contributed by atoms with Gasteiger partial charge in [-0.25, -0.2) is 0 Å². The van der Waals surface area contributed by atoms with E-state index in [1.165, 1.54) is 11.1 Å². The van der Waals surface area contributed by atoms with E-state index < -0.39 is 0 Å². The lowest BCUT2D eigenvalue weighted by Crippen LogP contribution is -2.08. The van der Waals surface area contributed by atoms with Crippen LogP contribution >= 0.6 is 0 Å². The molecular weight excluding hydrogens is 158 g/mol. The summed E-state index contributed by atoms with van der Waals surface area (Å²) in [5.41, 5.74) is 2.87. The molecule has 1 nitrogen and oxygen atoms in total. The van der Waals surface area contributed by atoms with Crippen molar-refractivity contribution in [3.8, 4) is 0 Å². The van der Waals surface area contributed by atoms with Crippen LogP contribution in [0.3, 0.4) is 0 Å². The molecule has 0 aromatic carbocycles. The van der Waals surface area contributed by atoms with E-state index in [1.54, 1.807) is 0 Å². The molecule has 0 fully saturated rings. The van der Waals surface area contributed by atoms with Crippen LogP contribution in [0.4, 0.5) is 0 Å². The van der Waals surface area contributed by atoms with Gasteiger partial charge in [-0.2, -0.15) is 0 Å². The zero-order chi connectivity index (χ0) is 10.4. The van der Waals surface area contributed by atoms with Crippen molar-refractivity contribution in [2.45, 2.75) is 34.6 Å². The first kappa shape index (κ1) is 12.3. The normalized spacial score (nSPS) is 14.2. The molecule has 0 saturated heterocycles. The zero-order valence-electron chi connectivity index (χ0n) is 9.81. The van der Waals surface area contributed by atoms with Gasteiger partial charge < -0.3 is 5.32 Å². The fourth-order valence-corrected chi connectivity index (χ4v) is 1.57. The fraction of sp³-hybridized carbons (Fsp3) is 0.667. The van der Waals surface area contributed by atoms with Crippen LogP contribution in [0.5, 0.6) is 0 Å². The van der Waals surface area contributed by atoms with Gasteiger partial charge in [0.25, 0.3) is 0 Å². The highest BCUT2D eigenvalue weighted by Crippen LogP contribution is 2.24. The highest BCUT2D eigenvalue weighted by Gasteiger charge is 2.11. The van der Waals surface area contributed by atoms with E-state index in [4.69, 9.17) is 0 Å². The van der Waals surface area contributed by atoms with Gasteiger partial charge in [-0.05, 0) is 36.1 Å². The van der Waals surface area contributed by atoms with Crippen LogP contribution in [0.1, 0.15) is 34.6 Å². The molecule has 0 amide bonds. The highest BCUT2D eigenvalue weighted by molar-refractivity contribution is 5.32. The van der Waals surface area contributed by atoms with Crippen molar-refractivity contribution in [1.29, 1.82) is 0 Å². The second kappa shape index (κ2) is 5.85. The summed E-state index contributed by atoms with van der Waals surface area (Å²) in [7, 11) is 1.95. The minimum absolute atomic E-state index is 0.584. The van der Waals surface area contributed by atoms with Gasteiger partial charge in [0, 0.05) is 7.05 Å². The summed E-state index contributed by atoms with van der Waals surface area (Å²) >= 11 is 0. The smallest absolute Gasteiger partial charge is 0.00278 e. The molecule has 0 spiro atoms. The van der Waals surface area contributed by atoms with Crippen molar-refractivity contribution in [2.24, 2.45) is 11.8 Å². The molecular formula is C12H23N. The average molecular weight is 181 g/mol. The van der Waals surface area contributed by atoms with E-state index in [0.29, 0.717) is 11.8 Å². The van der Waals surface area contributed by atoms with Crippen molar-refractivity contribution in [1.82, 2.24) is 5.32 Å². The van der Waals surface area contributed by atoms with E-state index in [0.717, 1.165) is 0 Å². The third kappa shape index (κ3) is 3.67. The topological polar surface area (TPSA) is 12.0 Å². The van der Waals surface area contributed by atoms with Crippen molar-refractivity contribution in [2.75, 3.05) is 7.05 Å². The summed E-state index contributed by atoms with van der Waals surface area (Å²) in [6, 6.07) is 0. The van der Waals surface area contributed by atoms with Crippen molar-refractivity contribution < 1.29 is 0 Å². The first-order chi connectivity index (χ1) is 6.04. The molecule has 0 aromatic heterocycles. The van der Waals surface area contributed by atoms with Gasteiger partial charge in [-0.3, -0.25) is 0 Å². The van der Waals surface area contributed by atoms with Crippen LogP contribution in [0.15, 0.2) is 23.4 Å². The number of rotatable bonds is 4. The number of nitrogens with one attached hydrogen (secondary N) is 1. The van der Waals surface area contributed by atoms with Crippen LogP contribution in [0, 0.1) is 11.8 Å². The zero-order valence-corrected chi connectivity index (χ0v) is 9.81. The maximum absolute atomic E-state index is 3.12. The summed E-state index contributed by atoms with van der Waals surface area (Å²) in [5.74, 6) is 1.19. The standard InChI is InChI=1S/C12H23N/c1-7-11(9(2)3)12(8-13-6)10(4)5/h7-10,13H,1-6H3/b11-7-,12-8+. The fourth-order valence-electron chi connectivity index (χ4n) is 1.57. The van der Waals surface area contributed by atoms with E-state index in [2.05, 4.69) is 52.2 Å². The SMILES string of the molecule is C/C=C(\C(=C\NC)C(C)C)C(C)C. The predicted octanol–water partition coefficient (Wildman–Crippen LogP) is 3.35. The quantitative estimate of drug-likeness (QED) is 0.656. The Morgan fingerprint density at radius 3 is 1.69 bits per heavy atom. The number of hydrogen-bond acceptors (Lipinski definition) is 1. The summed E-state index contributed by atoms with van der Waals surface area (Å²) in [4.78, 5) is 0. The molecule has 13 heavy (non-hydrogen) atoms. The van der Waals surface area contributed by atoms with Gasteiger partial charge in [-0.1, -0.05) is 33.8 Å². The number of allylic oxidation sites excluding steroid dienone is 3. The van der Waals surface area contributed by atoms with E-state index in [9.17, 15) is 0 Å². The number of hydrogen-bond donors (Lipinski definition) is 1. The molecule has 0 aromatic rings. The lowest BCUT2D eigenvalue weighted by molar-refractivity contribution is 0.693. The lowest BCUT2D eigenvalue weighted by atomic mass is 9.88. The van der Waals surface area contributed by atoms with Crippen molar-refractivity contribution >= 4 is 0 Å². The molecule has 0 bridgehead atoms. The molecule has 0 rings (SSSR count). The predicted molar refractivity (Wildman–Crippen MR) is 60.6 cm³/mol. The first-order valence-corrected chi connectivity index (χ1v) is 5.08. The Labute approximate surface area is 82.9 Å². The van der Waals surface area contributed by atoms with E-state index in [-0.39, 0.29) is 0 Å². The molecule has 0 heterocycles. The highest BCUT2D eigenvalue weighted by atomic mass is 14.8.